The number of para-hydroxylation sites is 1. The highest BCUT2D eigenvalue weighted by Crippen LogP contribution is 2.08. The minimum Gasteiger partial charge on any atom is -0.494 e. The summed E-state index contributed by atoms with van der Waals surface area (Å²) < 4.78 is 10.8. The van der Waals surface area contributed by atoms with Crippen molar-refractivity contribution in [2.45, 2.75) is 19.8 Å². The van der Waals surface area contributed by atoms with Gasteiger partial charge in [-0.1, -0.05) is 18.2 Å². The van der Waals surface area contributed by atoms with Gasteiger partial charge >= 0.3 is 0 Å². The second kappa shape index (κ2) is 17.4. The Morgan fingerprint density at radius 2 is 1.85 bits per heavy atom. The lowest BCUT2D eigenvalue weighted by Crippen LogP contribution is -2.41. The van der Waals surface area contributed by atoms with Gasteiger partial charge in [0, 0.05) is 52.9 Å². The van der Waals surface area contributed by atoms with Gasteiger partial charge in [0.15, 0.2) is 5.96 Å². The van der Waals surface area contributed by atoms with Gasteiger partial charge in [0.25, 0.3) is 0 Å². The van der Waals surface area contributed by atoms with Crippen molar-refractivity contribution >= 4 is 29.9 Å². The van der Waals surface area contributed by atoms with Crippen LogP contribution in [-0.2, 0) is 4.74 Å². The molecule has 0 unspecified atom stereocenters. The molecule has 2 N–H and O–H groups in total. The van der Waals surface area contributed by atoms with E-state index in [0.717, 1.165) is 63.9 Å². The normalized spacial score (nSPS) is 11.2. The third-order valence-electron chi connectivity index (χ3n) is 3.60. The first-order valence-electron chi connectivity index (χ1n) is 9.13. The molecule has 1 rings (SSSR count). The van der Waals surface area contributed by atoms with Crippen LogP contribution < -0.4 is 15.4 Å². The van der Waals surface area contributed by atoms with Crippen LogP contribution in [0.4, 0.5) is 0 Å². The second-order valence-corrected chi connectivity index (χ2v) is 5.85. The van der Waals surface area contributed by atoms with E-state index in [1.807, 2.05) is 30.3 Å². The van der Waals surface area contributed by atoms with Crippen molar-refractivity contribution in [2.24, 2.45) is 4.99 Å². The number of guanidine groups is 1. The van der Waals surface area contributed by atoms with Crippen LogP contribution in [0.3, 0.4) is 0 Å². The third-order valence-corrected chi connectivity index (χ3v) is 3.60. The van der Waals surface area contributed by atoms with E-state index in [2.05, 4.69) is 34.5 Å². The first kappa shape index (κ1) is 24.9. The molecular weight excluding hydrogens is 443 g/mol. The molecule has 0 radical (unpaired) electrons. The first-order chi connectivity index (χ1) is 12.3. The van der Waals surface area contributed by atoms with Gasteiger partial charge in [-0.05, 0) is 32.5 Å². The van der Waals surface area contributed by atoms with Crippen LogP contribution >= 0.6 is 24.0 Å². The minimum atomic E-state index is 0. The Bertz CT molecular complexity index is 460. The summed E-state index contributed by atoms with van der Waals surface area (Å²) in [5.74, 6) is 1.78. The summed E-state index contributed by atoms with van der Waals surface area (Å²) in [5, 5.41) is 6.65. The summed E-state index contributed by atoms with van der Waals surface area (Å²) in [6, 6.07) is 9.89. The Balaban J connectivity index is 0.00000625. The van der Waals surface area contributed by atoms with E-state index >= 15 is 0 Å². The summed E-state index contributed by atoms with van der Waals surface area (Å²) in [6.45, 7) is 8.05. The number of aliphatic imine (C=N–C) groups is 1. The number of benzene rings is 1. The number of hydrogen-bond donors (Lipinski definition) is 2. The topological polar surface area (TPSA) is 58.1 Å². The number of nitrogens with one attached hydrogen (secondary N) is 2. The minimum absolute atomic E-state index is 0. The molecular formula is C19H35IN4O2. The van der Waals surface area contributed by atoms with Gasteiger partial charge in [-0.2, -0.15) is 0 Å². The van der Waals surface area contributed by atoms with Crippen molar-refractivity contribution in [3.05, 3.63) is 30.3 Å². The molecule has 0 saturated heterocycles. The maximum atomic E-state index is 5.68. The third kappa shape index (κ3) is 13.2. The summed E-state index contributed by atoms with van der Waals surface area (Å²) >= 11 is 0. The van der Waals surface area contributed by atoms with E-state index in [4.69, 9.17) is 9.47 Å². The fraction of sp³-hybridized carbons (Fsp3) is 0.632. The fourth-order valence-corrected chi connectivity index (χ4v) is 2.26. The molecule has 1 aromatic carbocycles. The van der Waals surface area contributed by atoms with Crippen molar-refractivity contribution in [1.82, 2.24) is 15.5 Å². The quantitative estimate of drug-likeness (QED) is 0.198. The van der Waals surface area contributed by atoms with Crippen molar-refractivity contribution in [1.29, 1.82) is 0 Å². The van der Waals surface area contributed by atoms with Crippen LogP contribution in [0.25, 0.3) is 0 Å². The Morgan fingerprint density at radius 1 is 1.08 bits per heavy atom. The molecule has 0 spiro atoms. The number of hydrogen-bond acceptors (Lipinski definition) is 4. The highest BCUT2D eigenvalue weighted by molar-refractivity contribution is 14.0. The maximum absolute atomic E-state index is 5.68. The van der Waals surface area contributed by atoms with E-state index in [1.165, 1.54) is 0 Å². The highest BCUT2D eigenvalue weighted by atomic mass is 127. The average molecular weight is 478 g/mol. The predicted molar refractivity (Wildman–Crippen MR) is 120 cm³/mol. The molecule has 6 nitrogen and oxygen atoms in total. The molecule has 0 aliphatic heterocycles. The van der Waals surface area contributed by atoms with Gasteiger partial charge in [-0.25, -0.2) is 0 Å². The summed E-state index contributed by atoms with van der Waals surface area (Å²) in [7, 11) is 3.87. The monoisotopic (exact) mass is 478 g/mol. The lowest BCUT2D eigenvalue weighted by Gasteiger charge is -2.18. The fourth-order valence-electron chi connectivity index (χ4n) is 2.26. The van der Waals surface area contributed by atoms with Crippen LogP contribution in [0.2, 0.25) is 0 Å². The van der Waals surface area contributed by atoms with Crippen LogP contribution in [0.1, 0.15) is 19.8 Å². The molecule has 0 atom stereocenters. The molecule has 0 aromatic heterocycles. The molecule has 150 valence electrons. The van der Waals surface area contributed by atoms with E-state index in [0.29, 0.717) is 6.61 Å². The van der Waals surface area contributed by atoms with Gasteiger partial charge < -0.3 is 25.0 Å². The van der Waals surface area contributed by atoms with Crippen molar-refractivity contribution in [3.63, 3.8) is 0 Å². The molecule has 26 heavy (non-hydrogen) atoms. The van der Waals surface area contributed by atoms with Crippen LogP contribution in [0, 0.1) is 0 Å². The van der Waals surface area contributed by atoms with Gasteiger partial charge in [0.05, 0.1) is 6.61 Å². The van der Waals surface area contributed by atoms with E-state index in [9.17, 15) is 0 Å². The second-order valence-electron chi connectivity index (χ2n) is 5.85. The molecule has 0 saturated carbocycles. The van der Waals surface area contributed by atoms with Crippen LogP contribution in [-0.4, -0.2) is 71.0 Å². The number of nitrogens with zero attached hydrogens (tertiary/aromatic N) is 2. The number of methoxy groups -OCH3 is 1. The molecule has 0 aliphatic carbocycles. The summed E-state index contributed by atoms with van der Waals surface area (Å²) in [6.07, 6.45) is 1.95. The van der Waals surface area contributed by atoms with Crippen molar-refractivity contribution < 1.29 is 9.47 Å². The first-order valence-corrected chi connectivity index (χ1v) is 9.13. The smallest absolute Gasteiger partial charge is 0.191 e. The zero-order valence-corrected chi connectivity index (χ0v) is 18.7. The van der Waals surface area contributed by atoms with Crippen LogP contribution in [0.15, 0.2) is 35.3 Å². The lowest BCUT2D eigenvalue weighted by molar-refractivity contribution is 0.180. The average Bonchev–Trinajstić information content (AvgIpc) is 2.62. The Morgan fingerprint density at radius 3 is 2.54 bits per heavy atom. The van der Waals surface area contributed by atoms with Gasteiger partial charge in [-0.15, -0.1) is 24.0 Å². The zero-order valence-electron chi connectivity index (χ0n) is 16.4. The standard InChI is InChI=1S/C19H34N4O2.HI/c1-4-20-19(22-13-15-23(2)14-9-16-24-3)21-12-8-17-25-18-10-6-5-7-11-18;/h5-7,10-11H,4,8-9,12-17H2,1-3H3,(H2,20,21,22);1H. The van der Waals surface area contributed by atoms with E-state index < -0.39 is 0 Å². The number of ether oxygens (including phenoxy) is 2. The Labute approximate surface area is 175 Å². The molecule has 0 heterocycles. The number of rotatable bonds is 13. The lowest BCUT2D eigenvalue weighted by atomic mass is 10.3. The van der Waals surface area contributed by atoms with Gasteiger partial charge in [0.2, 0.25) is 0 Å². The van der Waals surface area contributed by atoms with Crippen LogP contribution in [0.5, 0.6) is 5.75 Å². The van der Waals surface area contributed by atoms with Crippen molar-refractivity contribution in [2.75, 3.05) is 60.1 Å². The number of likely N-dealkylation sites (N-methyl/N-ethyl adjacent to an activating group) is 1. The SMILES string of the molecule is CCNC(=NCCCOc1ccccc1)NCCN(C)CCCOC.I. The molecule has 0 aliphatic rings. The Hall–Kier alpha value is -1.06. The highest BCUT2D eigenvalue weighted by Gasteiger charge is 2.00. The van der Waals surface area contributed by atoms with Gasteiger partial charge in [0.1, 0.15) is 5.75 Å². The Kier molecular flexibility index (Phi) is 16.7. The summed E-state index contributed by atoms with van der Waals surface area (Å²) in [5.41, 5.74) is 0. The molecule has 0 fully saturated rings. The largest absolute Gasteiger partial charge is 0.494 e. The molecule has 0 bridgehead atoms. The summed E-state index contributed by atoms with van der Waals surface area (Å²) in [4.78, 5) is 6.89. The zero-order chi connectivity index (χ0) is 18.2. The van der Waals surface area contributed by atoms with Crippen molar-refractivity contribution in [3.8, 4) is 5.75 Å². The maximum Gasteiger partial charge on any atom is 0.191 e. The molecule has 7 heteroatoms. The van der Waals surface area contributed by atoms with Gasteiger partial charge in [-0.3, -0.25) is 4.99 Å². The molecule has 0 amide bonds. The molecule has 1 aromatic rings. The number of halogens is 1. The predicted octanol–water partition coefficient (Wildman–Crippen LogP) is 2.60. The van der Waals surface area contributed by atoms with E-state index in [1.54, 1.807) is 7.11 Å². The van der Waals surface area contributed by atoms with E-state index in [-0.39, 0.29) is 24.0 Å².